The van der Waals surface area contributed by atoms with Gasteiger partial charge in [-0.05, 0) is 33.4 Å². The standard InChI is InChI=1S/C8H16N2O/c1-10(2)8-5-3-4-7(8)9-6-11/h6-8H,3-5H2,1-2H3,(H,9,11)/t7-,8+/m1/s1. The van der Waals surface area contributed by atoms with Crippen LogP contribution in [0.1, 0.15) is 19.3 Å². The van der Waals surface area contributed by atoms with Crippen LogP contribution in [-0.4, -0.2) is 37.5 Å². The predicted molar refractivity (Wildman–Crippen MR) is 44.3 cm³/mol. The van der Waals surface area contributed by atoms with Crippen LogP contribution in [0, 0.1) is 0 Å². The van der Waals surface area contributed by atoms with Gasteiger partial charge < -0.3 is 10.2 Å². The number of carbonyl (C=O) groups is 1. The molecule has 1 saturated carbocycles. The Morgan fingerprint density at radius 1 is 1.45 bits per heavy atom. The van der Waals surface area contributed by atoms with E-state index in [2.05, 4.69) is 24.3 Å². The highest BCUT2D eigenvalue weighted by atomic mass is 16.1. The van der Waals surface area contributed by atoms with Gasteiger partial charge in [0.15, 0.2) is 0 Å². The molecule has 2 atom stereocenters. The van der Waals surface area contributed by atoms with E-state index in [4.69, 9.17) is 0 Å². The molecule has 1 aliphatic carbocycles. The smallest absolute Gasteiger partial charge is 0.207 e. The summed E-state index contributed by atoms with van der Waals surface area (Å²) in [4.78, 5) is 12.4. The molecule has 0 aliphatic heterocycles. The van der Waals surface area contributed by atoms with Crippen LogP contribution in [0.25, 0.3) is 0 Å². The van der Waals surface area contributed by atoms with Crippen LogP contribution in [0.15, 0.2) is 0 Å². The van der Waals surface area contributed by atoms with Crippen LogP contribution < -0.4 is 5.32 Å². The molecule has 0 aromatic heterocycles. The summed E-state index contributed by atoms with van der Waals surface area (Å²) < 4.78 is 0. The van der Waals surface area contributed by atoms with E-state index in [1.54, 1.807) is 0 Å². The lowest BCUT2D eigenvalue weighted by atomic mass is 10.1. The number of rotatable bonds is 3. The fourth-order valence-electron chi connectivity index (χ4n) is 1.84. The lowest BCUT2D eigenvalue weighted by molar-refractivity contribution is -0.110. The van der Waals surface area contributed by atoms with E-state index in [0.29, 0.717) is 12.1 Å². The molecule has 0 heterocycles. The highest BCUT2D eigenvalue weighted by Gasteiger charge is 2.27. The van der Waals surface area contributed by atoms with E-state index in [1.807, 2.05) is 0 Å². The maximum Gasteiger partial charge on any atom is 0.207 e. The molecule has 0 radical (unpaired) electrons. The molecule has 3 heteroatoms. The van der Waals surface area contributed by atoms with E-state index >= 15 is 0 Å². The fraction of sp³-hybridized carbons (Fsp3) is 0.875. The highest BCUT2D eigenvalue weighted by Crippen LogP contribution is 2.21. The second-order valence-electron chi connectivity index (χ2n) is 3.35. The molecule has 11 heavy (non-hydrogen) atoms. The van der Waals surface area contributed by atoms with Gasteiger partial charge in [-0.2, -0.15) is 0 Å². The van der Waals surface area contributed by atoms with Crippen molar-refractivity contribution in [2.24, 2.45) is 0 Å². The SMILES string of the molecule is CN(C)[C@H]1CCC[C@H]1NC=O. The number of hydrogen-bond donors (Lipinski definition) is 1. The molecule has 1 rings (SSSR count). The van der Waals surface area contributed by atoms with Gasteiger partial charge in [0.1, 0.15) is 0 Å². The zero-order chi connectivity index (χ0) is 8.27. The first-order chi connectivity index (χ1) is 5.25. The molecule has 64 valence electrons. The van der Waals surface area contributed by atoms with Gasteiger partial charge >= 0.3 is 0 Å². The van der Waals surface area contributed by atoms with Crippen molar-refractivity contribution >= 4 is 6.41 Å². The van der Waals surface area contributed by atoms with Crippen molar-refractivity contribution in [3.05, 3.63) is 0 Å². The van der Waals surface area contributed by atoms with Gasteiger partial charge in [-0.3, -0.25) is 4.79 Å². The first-order valence-electron chi connectivity index (χ1n) is 4.12. The molecule has 1 N–H and O–H groups in total. The van der Waals surface area contributed by atoms with Crippen LogP contribution >= 0.6 is 0 Å². The molecule has 1 amide bonds. The average Bonchev–Trinajstić information content (AvgIpc) is 2.36. The third-order valence-corrected chi connectivity index (χ3v) is 2.42. The van der Waals surface area contributed by atoms with Gasteiger partial charge in [0.05, 0.1) is 0 Å². The quantitative estimate of drug-likeness (QED) is 0.593. The lowest BCUT2D eigenvalue weighted by Gasteiger charge is -2.25. The lowest BCUT2D eigenvalue weighted by Crippen LogP contribution is -2.42. The van der Waals surface area contributed by atoms with Gasteiger partial charge in [-0.15, -0.1) is 0 Å². The summed E-state index contributed by atoms with van der Waals surface area (Å²) in [6.45, 7) is 0. The number of likely N-dealkylation sites (N-methyl/N-ethyl adjacent to an activating group) is 1. The van der Waals surface area contributed by atoms with E-state index in [1.165, 1.54) is 12.8 Å². The molecular weight excluding hydrogens is 140 g/mol. The summed E-state index contributed by atoms with van der Waals surface area (Å²) in [6.07, 6.45) is 4.38. The Kier molecular flexibility index (Phi) is 2.88. The molecule has 1 aliphatic rings. The summed E-state index contributed by atoms with van der Waals surface area (Å²) in [5.41, 5.74) is 0. The van der Waals surface area contributed by atoms with Crippen LogP contribution in [0.4, 0.5) is 0 Å². The summed E-state index contributed by atoms with van der Waals surface area (Å²) >= 11 is 0. The number of nitrogens with zero attached hydrogens (tertiary/aromatic N) is 1. The van der Waals surface area contributed by atoms with Crippen LogP contribution in [0.2, 0.25) is 0 Å². The van der Waals surface area contributed by atoms with Crippen molar-refractivity contribution in [3.8, 4) is 0 Å². The maximum atomic E-state index is 10.2. The van der Waals surface area contributed by atoms with Gasteiger partial charge in [-0.1, -0.05) is 0 Å². The second-order valence-corrected chi connectivity index (χ2v) is 3.35. The van der Waals surface area contributed by atoms with Crippen molar-refractivity contribution in [1.29, 1.82) is 0 Å². The Labute approximate surface area is 67.8 Å². The van der Waals surface area contributed by atoms with Gasteiger partial charge in [-0.25, -0.2) is 0 Å². The van der Waals surface area contributed by atoms with Crippen molar-refractivity contribution in [2.45, 2.75) is 31.3 Å². The summed E-state index contributed by atoms with van der Waals surface area (Å²) in [7, 11) is 4.13. The highest BCUT2D eigenvalue weighted by molar-refractivity contribution is 5.47. The normalized spacial score (nSPS) is 30.8. The minimum absolute atomic E-state index is 0.377. The molecule has 1 fully saturated rings. The minimum Gasteiger partial charge on any atom is -0.354 e. The molecule has 0 aromatic rings. The van der Waals surface area contributed by atoms with Crippen molar-refractivity contribution in [2.75, 3.05) is 14.1 Å². The monoisotopic (exact) mass is 156 g/mol. The van der Waals surface area contributed by atoms with Gasteiger partial charge in [0.25, 0.3) is 0 Å². The molecular formula is C8H16N2O. The molecule has 0 spiro atoms. The summed E-state index contributed by atoms with van der Waals surface area (Å²) in [5.74, 6) is 0. The Bertz CT molecular complexity index is 136. The first-order valence-corrected chi connectivity index (χ1v) is 4.12. The van der Waals surface area contributed by atoms with E-state index < -0.39 is 0 Å². The Balaban J connectivity index is 2.43. The number of nitrogens with one attached hydrogen (secondary N) is 1. The largest absolute Gasteiger partial charge is 0.354 e. The molecule has 3 nitrogen and oxygen atoms in total. The summed E-state index contributed by atoms with van der Waals surface area (Å²) in [6, 6.07) is 0.919. The third kappa shape index (κ3) is 1.93. The van der Waals surface area contributed by atoms with Gasteiger partial charge in [0.2, 0.25) is 6.41 Å². The molecule has 0 bridgehead atoms. The van der Waals surface area contributed by atoms with E-state index in [0.717, 1.165) is 12.8 Å². The Morgan fingerprint density at radius 3 is 2.73 bits per heavy atom. The first kappa shape index (κ1) is 8.53. The number of carbonyl (C=O) groups excluding carboxylic acids is 1. The van der Waals surface area contributed by atoms with Crippen molar-refractivity contribution in [3.63, 3.8) is 0 Å². The van der Waals surface area contributed by atoms with Crippen molar-refractivity contribution < 1.29 is 4.79 Å². The minimum atomic E-state index is 0.377. The number of amides is 1. The predicted octanol–water partition coefficient (Wildman–Crippen LogP) is 0.215. The summed E-state index contributed by atoms with van der Waals surface area (Å²) in [5, 5.41) is 2.85. The Hall–Kier alpha value is -0.570. The van der Waals surface area contributed by atoms with Gasteiger partial charge in [0, 0.05) is 12.1 Å². The zero-order valence-electron chi connectivity index (χ0n) is 7.21. The second kappa shape index (κ2) is 3.72. The zero-order valence-corrected chi connectivity index (χ0v) is 7.21. The van der Waals surface area contributed by atoms with Crippen molar-refractivity contribution in [1.82, 2.24) is 10.2 Å². The van der Waals surface area contributed by atoms with Crippen LogP contribution in [-0.2, 0) is 4.79 Å². The van der Waals surface area contributed by atoms with Crippen LogP contribution in [0.3, 0.4) is 0 Å². The average molecular weight is 156 g/mol. The van der Waals surface area contributed by atoms with E-state index in [9.17, 15) is 4.79 Å². The Morgan fingerprint density at radius 2 is 2.18 bits per heavy atom. The van der Waals surface area contributed by atoms with E-state index in [-0.39, 0.29) is 0 Å². The third-order valence-electron chi connectivity index (χ3n) is 2.42. The topological polar surface area (TPSA) is 32.3 Å². The fourth-order valence-corrected chi connectivity index (χ4v) is 1.84. The number of hydrogen-bond acceptors (Lipinski definition) is 2. The molecule has 0 aromatic carbocycles. The molecule has 0 unspecified atom stereocenters. The molecule has 0 saturated heterocycles. The maximum absolute atomic E-state index is 10.2. The van der Waals surface area contributed by atoms with Crippen LogP contribution in [0.5, 0.6) is 0 Å².